The van der Waals surface area contributed by atoms with Gasteiger partial charge in [0.2, 0.25) is 0 Å². The third-order valence-electron chi connectivity index (χ3n) is 5.43. The van der Waals surface area contributed by atoms with E-state index in [1.165, 1.54) is 16.7 Å². The molecule has 0 aromatic heterocycles. The lowest BCUT2D eigenvalue weighted by atomic mass is 9.98. The van der Waals surface area contributed by atoms with E-state index in [0.29, 0.717) is 35.0 Å². The fourth-order valence-corrected chi connectivity index (χ4v) is 3.57. The van der Waals surface area contributed by atoms with Crippen molar-refractivity contribution >= 4 is 0 Å². The van der Waals surface area contributed by atoms with Crippen LogP contribution in [0.4, 0.5) is 0 Å². The van der Waals surface area contributed by atoms with Crippen LogP contribution in [0.5, 0.6) is 17.2 Å². The van der Waals surface area contributed by atoms with Crippen molar-refractivity contribution in [3.8, 4) is 17.2 Å². The highest BCUT2D eigenvalue weighted by Gasteiger charge is 2.04. The largest absolute Gasteiger partial charge is 0.508 e. The van der Waals surface area contributed by atoms with E-state index in [2.05, 4.69) is 47.6 Å². The van der Waals surface area contributed by atoms with Gasteiger partial charge in [-0.2, -0.15) is 0 Å². The predicted octanol–water partition coefficient (Wildman–Crippen LogP) is 8.47. The van der Waals surface area contributed by atoms with Crippen LogP contribution in [0.25, 0.3) is 0 Å². The lowest BCUT2D eigenvalue weighted by Crippen LogP contribution is -1.90. The highest BCUT2D eigenvalue weighted by Crippen LogP contribution is 2.26. The van der Waals surface area contributed by atoms with Gasteiger partial charge in [-0.3, -0.25) is 0 Å². The summed E-state index contributed by atoms with van der Waals surface area (Å²) in [5, 5.41) is 27.8. The Morgan fingerprint density at radius 3 is 1.55 bits per heavy atom. The smallest absolute Gasteiger partial charge is 0.119 e. The quantitative estimate of drug-likeness (QED) is 0.375. The maximum absolute atomic E-state index is 9.46. The van der Waals surface area contributed by atoms with Crippen molar-refractivity contribution in [1.29, 1.82) is 0 Å². The van der Waals surface area contributed by atoms with Crippen molar-refractivity contribution in [3.05, 3.63) is 88.0 Å². The van der Waals surface area contributed by atoms with Crippen LogP contribution in [0, 0.1) is 20.8 Å². The maximum Gasteiger partial charge on any atom is 0.119 e. The van der Waals surface area contributed by atoms with Gasteiger partial charge >= 0.3 is 0 Å². The van der Waals surface area contributed by atoms with Gasteiger partial charge in [0.1, 0.15) is 17.2 Å². The molecule has 33 heavy (non-hydrogen) atoms. The first-order valence-corrected chi connectivity index (χ1v) is 11.7. The zero-order valence-electron chi connectivity index (χ0n) is 21.8. The van der Waals surface area contributed by atoms with E-state index < -0.39 is 0 Å². The van der Waals surface area contributed by atoms with Gasteiger partial charge in [-0.1, -0.05) is 65.8 Å². The van der Waals surface area contributed by atoms with E-state index in [0.717, 1.165) is 16.7 Å². The van der Waals surface area contributed by atoms with Gasteiger partial charge in [0, 0.05) is 0 Å². The molecule has 0 unspecified atom stereocenters. The summed E-state index contributed by atoms with van der Waals surface area (Å²) < 4.78 is 0. The molecule has 0 aliphatic carbocycles. The number of phenols is 3. The molecular formula is C30H42O3. The molecule has 0 aliphatic heterocycles. The Morgan fingerprint density at radius 2 is 1.09 bits per heavy atom. The second-order valence-corrected chi connectivity index (χ2v) is 9.67. The number of hydrogen-bond donors (Lipinski definition) is 3. The molecule has 3 nitrogen and oxygen atoms in total. The number of phenolic OH excluding ortho intramolecular Hbond substituents is 3. The Bertz CT molecular complexity index is 941. The van der Waals surface area contributed by atoms with Crippen molar-refractivity contribution in [2.45, 2.75) is 80.1 Å². The highest BCUT2D eigenvalue weighted by atomic mass is 16.3. The molecule has 0 atom stereocenters. The summed E-state index contributed by atoms with van der Waals surface area (Å²) in [4.78, 5) is 0. The van der Waals surface area contributed by atoms with Gasteiger partial charge in [0.25, 0.3) is 0 Å². The van der Waals surface area contributed by atoms with Gasteiger partial charge in [0.15, 0.2) is 0 Å². The second kappa shape index (κ2) is 12.9. The van der Waals surface area contributed by atoms with Crippen LogP contribution < -0.4 is 0 Å². The fourth-order valence-electron chi connectivity index (χ4n) is 3.57. The zero-order chi connectivity index (χ0) is 25.3. The molecule has 0 saturated carbocycles. The number of hydrogen-bond acceptors (Lipinski definition) is 3. The third-order valence-corrected chi connectivity index (χ3v) is 5.43. The van der Waals surface area contributed by atoms with Crippen LogP contribution in [0.1, 0.15) is 92.7 Å². The van der Waals surface area contributed by atoms with Crippen molar-refractivity contribution in [3.63, 3.8) is 0 Å². The summed E-state index contributed by atoms with van der Waals surface area (Å²) in [6.07, 6.45) is 0. The SMILES string of the molecule is Cc1cc(O)cc(C(C)C)c1.Cc1cc(O)ccc1C(C)C.Cc1ccc(C(C)C)c(O)c1. The first-order chi connectivity index (χ1) is 15.3. The lowest BCUT2D eigenvalue weighted by Gasteiger charge is -2.08. The average Bonchev–Trinajstić information content (AvgIpc) is 2.67. The van der Waals surface area contributed by atoms with Crippen LogP contribution in [0.3, 0.4) is 0 Å². The molecule has 3 heteroatoms. The fraction of sp³-hybridized carbons (Fsp3) is 0.400. The minimum absolute atomic E-state index is 0.354. The number of aromatic hydroxyl groups is 3. The molecule has 0 saturated heterocycles. The molecule has 0 aliphatic rings. The summed E-state index contributed by atoms with van der Waals surface area (Å²) in [6.45, 7) is 18.7. The predicted molar refractivity (Wildman–Crippen MR) is 141 cm³/mol. The topological polar surface area (TPSA) is 60.7 Å². The van der Waals surface area contributed by atoms with E-state index >= 15 is 0 Å². The van der Waals surface area contributed by atoms with Gasteiger partial charge in [-0.05, 0) is 102 Å². The van der Waals surface area contributed by atoms with Crippen LogP contribution in [0.2, 0.25) is 0 Å². The minimum Gasteiger partial charge on any atom is -0.508 e. The maximum atomic E-state index is 9.46. The Hall–Kier alpha value is -2.94. The molecule has 3 aromatic rings. The van der Waals surface area contributed by atoms with Crippen LogP contribution >= 0.6 is 0 Å². The molecule has 0 fully saturated rings. The average molecular weight is 451 g/mol. The molecule has 0 amide bonds. The summed E-state index contributed by atoms with van der Waals surface area (Å²) in [7, 11) is 0. The standard InChI is InChI=1S/3C10H14O/c1-7(2)9-4-8(3)5-10(11)6-9;1-7(2)10-5-4-9(11)6-8(10)3;1-7(2)9-5-4-8(3)6-10(9)11/h3*4-7,11H,1-3H3. The molecule has 0 heterocycles. The third kappa shape index (κ3) is 9.61. The first kappa shape index (κ1) is 28.1. The van der Waals surface area contributed by atoms with Gasteiger partial charge < -0.3 is 15.3 Å². The molecule has 0 spiro atoms. The van der Waals surface area contributed by atoms with Crippen LogP contribution in [0.15, 0.2) is 54.6 Å². The number of rotatable bonds is 3. The lowest BCUT2D eigenvalue weighted by molar-refractivity contribution is 0.464. The Morgan fingerprint density at radius 1 is 0.515 bits per heavy atom. The summed E-state index contributed by atoms with van der Waals surface area (Å²) in [5.41, 5.74) is 6.92. The van der Waals surface area contributed by atoms with Crippen LogP contribution in [-0.2, 0) is 0 Å². The Labute approximate surface area is 200 Å². The molecule has 180 valence electrons. The molecular weight excluding hydrogens is 408 g/mol. The van der Waals surface area contributed by atoms with Gasteiger partial charge in [-0.15, -0.1) is 0 Å². The molecule has 0 bridgehead atoms. The highest BCUT2D eigenvalue weighted by molar-refractivity contribution is 5.38. The van der Waals surface area contributed by atoms with Crippen molar-refractivity contribution in [2.24, 2.45) is 0 Å². The zero-order valence-corrected chi connectivity index (χ0v) is 21.8. The molecule has 3 N–H and O–H groups in total. The van der Waals surface area contributed by atoms with E-state index in [-0.39, 0.29) is 0 Å². The summed E-state index contributed by atoms with van der Waals surface area (Å²) in [6, 6.07) is 17.0. The van der Waals surface area contributed by atoms with Gasteiger partial charge in [0.05, 0.1) is 0 Å². The number of aryl methyl sites for hydroxylation is 3. The van der Waals surface area contributed by atoms with Crippen LogP contribution in [-0.4, -0.2) is 15.3 Å². The van der Waals surface area contributed by atoms with Crippen molar-refractivity contribution in [2.75, 3.05) is 0 Å². The first-order valence-electron chi connectivity index (χ1n) is 11.7. The Balaban J connectivity index is 0.000000247. The van der Waals surface area contributed by atoms with Gasteiger partial charge in [-0.25, -0.2) is 0 Å². The van der Waals surface area contributed by atoms with Crippen molar-refractivity contribution < 1.29 is 15.3 Å². The minimum atomic E-state index is 0.354. The van der Waals surface area contributed by atoms with E-state index in [9.17, 15) is 10.2 Å². The van der Waals surface area contributed by atoms with Crippen molar-refractivity contribution in [1.82, 2.24) is 0 Å². The Kier molecular flexibility index (Phi) is 11.0. The molecule has 3 aromatic carbocycles. The van der Waals surface area contributed by atoms with E-state index in [1.54, 1.807) is 24.3 Å². The molecule has 0 radical (unpaired) electrons. The van der Waals surface area contributed by atoms with E-state index in [4.69, 9.17) is 5.11 Å². The van der Waals surface area contributed by atoms with E-state index in [1.807, 2.05) is 45.0 Å². The molecule has 3 rings (SSSR count). The monoisotopic (exact) mass is 450 g/mol. The summed E-state index contributed by atoms with van der Waals surface area (Å²) >= 11 is 0. The second-order valence-electron chi connectivity index (χ2n) is 9.67. The number of benzene rings is 3. The summed E-state index contributed by atoms with van der Waals surface area (Å²) in [5.74, 6) is 2.56. The normalized spacial score (nSPS) is 10.5.